The van der Waals surface area contributed by atoms with Gasteiger partial charge in [0.2, 0.25) is 0 Å². The van der Waals surface area contributed by atoms with E-state index < -0.39 is 5.60 Å². The standard InChI is InChI=1S/C23H23FN2O/c24-22-8-2-6-20(15-22)19-5-1-4-18(14-19)17-26-12-9-23(27,10-13-26)21-7-3-11-25-16-21/h1-8,11,14-16,27H,9-10,12-13,17H2. The molecule has 2 aromatic carbocycles. The van der Waals surface area contributed by atoms with Crippen LogP contribution in [0.25, 0.3) is 11.1 Å². The van der Waals surface area contributed by atoms with Crippen molar-refractivity contribution in [3.8, 4) is 11.1 Å². The highest BCUT2D eigenvalue weighted by molar-refractivity contribution is 5.64. The third kappa shape index (κ3) is 4.07. The molecule has 4 heteroatoms. The molecule has 2 heterocycles. The molecule has 0 atom stereocenters. The predicted octanol–water partition coefficient (Wildman–Crippen LogP) is 4.37. The smallest absolute Gasteiger partial charge is 0.123 e. The van der Waals surface area contributed by atoms with E-state index in [9.17, 15) is 9.50 Å². The summed E-state index contributed by atoms with van der Waals surface area (Å²) in [6, 6.07) is 18.8. The molecule has 1 N–H and O–H groups in total. The fourth-order valence-electron chi connectivity index (χ4n) is 3.78. The van der Waals surface area contributed by atoms with Crippen molar-refractivity contribution < 1.29 is 9.50 Å². The molecular formula is C23H23FN2O. The molecule has 0 unspecified atom stereocenters. The van der Waals surface area contributed by atoms with Gasteiger partial charge in [-0.3, -0.25) is 9.88 Å². The van der Waals surface area contributed by atoms with Gasteiger partial charge in [-0.1, -0.05) is 36.4 Å². The number of aromatic nitrogens is 1. The number of halogens is 1. The lowest BCUT2D eigenvalue weighted by molar-refractivity contribution is -0.0279. The fourth-order valence-corrected chi connectivity index (χ4v) is 3.78. The monoisotopic (exact) mass is 362 g/mol. The van der Waals surface area contributed by atoms with Crippen LogP contribution >= 0.6 is 0 Å². The number of aliphatic hydroxyl groups is 1. The SMILES string of the molecule is OC1(c2cccnc2)CCN(Cc2cccc(-c3cccc(F)c3)c2)CC1. The third-order valence-corrected chi connectivity index (χ3v) is 5.37. The molecule has 138 valence electrons. The van der Waals surface area contributed by atoms with E-state index in [1.54, 1.807) is 24.5 Å². The topological polar surface area (TPSA) is 36.4 Å². The molecule has 1 saturated heterocycles. The minimum atomic E-state index is -0.784. The normalized spacial score (nSPS) is 17.0. The van der Waals surface area contributed by atoms with Crippen LogP contribution in [0.5, 0.6) is 0 Å². The van der Waals surface area contributed by atoms with Crippen LogP contribution in [0, 0.1) is 5.82 Å². The minimum absolute atomic E-state index is 0.219. The number of hydrogen-bond donors (Lipinski definition) is 1. The number of hydrogen-bond acceptors (Lipinski definition) is 3. The fraction of sp³-hybridized carbons (Fsp3) is 0.261. The van der Waals surface area contributed by atoms with Gasteiger partial charge in [-0.2, -0.15) is 0 Å². The molecule has 27 heavy (non-hydrogen) atoms. The van der Waals surface area contributed by atoms with E-state index in [1.165, 1.54) is 11.6 Å². The summed E-state index contributed by atoms with van der Waals surface area (Å²) in [5.41, 5.74) is 3.23. The van der Waals surface area contributed by atoms with Crippen molar-refractivity contribution >= 4 is 0 Å². The van der Waals surface area contributed by atoms with Crippen LogP contribution in [0.2, 0.25) is 0 Å². The van der Waals surface area contributed by atoms with Crippen molar-refractivity contribution in [2.75, 3.05) is 13.1 Å². The van der Waals surface area contributed by atoms with E-state index in [-0.39, 0.29) is 5.82 Å². The summed E-state index contributed by atoms with van der Waals surface area (Å²) >= 11 is 0. The van der Waals surface area contributed by atoms with Gasteiger partial charge in [0.05, 0.1) is 5.60 Å². The van der Waals surface area contributed by atoms with Crippen LogP contribution in [-0.2, 0) is 12.1 Å². The van der Waals surface area contributed by atoms with Gasteiger partial charge in [-0.25, -0.2) is 4.39 Å². The molecular weight excluding hydrogens is 339 g/mol. The molecule has 4 rings (SSSR count). The highest BCUT2D eigenvalue weighted by Crippen LogP contribution is 2.33. The van der Waals surface area contributed by atoms with Crippen LogP contribution in [-0.4, -0.2) is 28.1 Å². The second-order valence-corrected chi connectivity index (χ2v) is 7.26. The summed E-state index contributed by atoms with van der Waals surface area (Å²) in [4.78, 5) is 6.49. The Morgan fingerprint density at radius 3 is 2.41 bits per heavy atom. The minimum Gasteiger partial charge on any atom is -0.385 e. The average molecular weight is 362 g/mol. The van der Waals surface area contributed by atoms with Crippen molar-refractivity contribution in [1.82, 2.24) is 9.88 Å². The number of rotatable bonds is 4. The molecule has 3 nitrogen and oxygen atoms in total. The molecule has 0 radical (unpaired) electrons. The molecule has 0 bridgehead atoms. The quantitative estimate of drug-likeness (QED) is 0.749. The van der Waals surface area contributed by atoms with Gasteiger partial charge in [0.25, 0.3) is 0 Å². The molecule has 1 aliphatic rings. The molecule has 0 aliphatic carbocycles. The van der Waals surface area contributed by atoms with Gasteiger partial charge >= 0.3 is 0 Å². The van der Waals surface area contributed by atoms with Gasteiger partial charge in [-0.05, 0) is 53.8 Å². The molecule has 1 fully saturated rings. The Kier molecular flexibility index (Phi) is 5.01. The maximum absolute atomic E-state index is 13.5. The maximum atomic E-state index is 13.5. The summed E-state index contributed by atoms with van der Waals surface area (Å²) in [5.74, 6) is -0.219. The first kappa shape index (κ1) is 17.8. The number of nitrogens with zero attached hydrogens (tertiary/aromatic N) is 2. The lowest BCUT2D eigenvalue weighted by atomic mass is 9.85. The second-order valence-electron chi connectivity index (χ2n) is 7.26. The molecule has 0 saturated carbocycles. The number of benzene rings is 2. The Morgan fingerprint density at radius 1 is 0.963 bits per heavy atom. The first-order valence-electron chi connectivity index (χ1n) is 9.33. The van der Waals surface area contributed by atoms with Crippen LogP contribution in [0.1, 0.15) is 24.0 Å². The summed E-state index contributed by atoms with van der Waals surface area (Å²) < 4.78 is 13.5. The van der Waals surface area contributed by atoms with Gasteiger partial charge in [-0.15, -0.1) is 0 Å². The summed E-state index contributed by atoms with van der Waals surface area (Å²) in [5, 5.41) is 10.9. The molecule has 3 aromatic rings. The Bertz CT molecular complexity index is 905. The molecule has 1 aromatic heterocycles. The summed E-state index contributed by atoms with van der Waals surface area (Å²) in [6.45, 7) is 2.48. The van der Waals surface area contributed by atoms with E-state index in [2.05, 4.69) is 22.0 Å². The van der Waals surface area contributed by atoms with Gasteiger partial charge < -0.3 is 5.11 Å². The van der Waals surface area contributed by atoms with E-state index in [4.69, 9.17) is 0 Å². The van der Waals surface area contributed by atoms with Crippen molar-refractivity contribution in [3.63, 3.8) is 0 Å². The first-order chi connectivity index (χ1) is 13.1. The Labute approximate surface area is 159 Å². The maximum Gasteiger partial charge on any atom is 0.123 e. The number of pyridine rings is 1. The van der Waals surface area contributed by atoms with E-state index in [1.807, 2.05) is 30.3 Å². The summed E-state index contributed by atoms with van der Waals surface area (Å²) in [7, 11) is 0. The molecule has 1 aliphatic heterocycles. The van der Waals surface area contributed by atoms with E-state index >= 15 is 0 Å². The van der Waals surface area contributed by atoms with Crippen molar-refractivity contribution in [2.24, 2.45) is 0 Å². The zero-order chi connectivity index (χ0) is 18.7. The van der Waals surface area contributed by atoms with Crippen LogP contribution in [0.3, 0.4) is 0 Å². The van der Waals surface area contributed by atoms with Crippen molar-refractivity contribution in [3.05, 3.63) is 90.0 Å². The predicted molar refractivity (Wildman–Crippen MR) is 104 cm³/mol. The first-order valence-corrected chi connectivity index (χ1v) is 9.33. The van der Waals surface area contributed by atoms with Crippen molar-refractivity contribution in [1.29, 1.82) is 0 Å². The van der Waals surface area contributed by atoms with Gasteiger partial charge in [0, 0.05) is 37.6 Å². The third-order valence-electron chi connectivity index (χ3n) is 5.37. The Balaban J connectivity index is 1.43. The highest BCUT2D eigenvalue weighted by atomic mass is 19.1. The largest absolute Gasteiger partial charge is 0.385 e. The lowest BCUT2D eigenvalue weighted by Crippen LogP contribution is -2.42. The zero-order valence-corrected chi connectivity index (χ0v) is 15.2. The summed E-state index contributed by atoms with van der Waals surface area (Å²) in [6.07, 6.45) is 4.89. The van der Waals surface area contributed by atoms with Gasteiger partial charge in [0.15, 0.2) is 0 Å². The van der Waals surface area contributed by atoms with Gasteiger partial charge in [0.1, 0.15) is 5.82 Å². The zero-order valence-electron chi connectivity index (χ0n) is 15.2. The van der Waals surface area contributed by atoms with E-state index in [0.717, 1.165) is 36.3 Å². The lowest BCUT2D eigenvalue weighted by Gasteiger charge is -2.38. The van der Waals surface area contributed by atoms with E-state index in [0.29, 0.717) is 12.8 Å². The van der Waals surface area contributed by atoms with Crippen LogP contribution < -0.4 is 0 Å². The molecule has 0 spiro atoms. The Hall–Kier alpha value is -2.56. The highest BCUT2D eigenvalue weighted by Gasteiger charge is 2.34. The second kappa shape index (κ2) is 7.59. The molecule has 0 amide bonds. The number of likely N-dealkylation sites (tertiary alicyclic amines) is 1. The van der Waals surface area contributed by atoms with Crippen molar-refractivity contribution in [2.45, 2.75) is 25.0 Å². The average Bonchev–Trinajstić information content (AvgIpc) is 2.71. The Morgan fingerprint density at radius 2 is 1.70 bits per heavy atom. The van der Waals surface area contributed by atoms with Crippen LogP contribution in [0.4, 0.5) is 4.39 Å². The number of piperidine rings is 1. The van der Waals surface area contributed by atoms with Crippen LogP contribution in [0.15, 0.2) is 73.1 Å².